The van der Waals surface area contributed by atoms with Gasteiger partial charge < -0.3 is 20.0 Å². The fourth-order valence-corrected chi connectivity index (χ4v) is 4.49. The van der Waals surface area contributed by atoms with Crippen LogP contribution in [0.1, 0.15) is 43.9 Å². The van der Waals surface area contributed by atoms with Crippen LogP contribution in [0.15, 0.2) is 42.5 Å². The van der Waals surface area contributed by atoms with E-state index >= 15 is 0 Å². The Balaban J connectivity index is 0.000000371. The molecule has 0 spiro atoms. The standard InChI is InChI=1S/C23H30FN3.C4H4O4/c1-17-16-27(14-13-26(17)2)23-15-21(18-9-11-19(24)12-10-18)20-7-5-3-4-6-8-22(20)25-23;5-3(6)1-2-4(7)8/h9-12,15,17H,3-8,13-14,16H2,1-2H3;1-2H,(H,5,6)(H,7,8)/b;2-1+. The number of nitrogens with zero attached hydrogens (tertiary/aromatic N) is 3. The summed E-state index contributed by atoms with van der Waals surface area (Å²) < 4.78 is 13.5. The van der Waals surface area contributed by atoms with Crippen LogP contribution < -0.4 is 4.90 Å². The highest BCUT2D eigenvalue weighted by Gasteiger charge is 2.24. The van der Waals surface area contributed by atoms with E-state index in [0.717, 1.165) is 43.9 Å². The number of benzene rings is 1. The minimum atomic E-state index is -1.26. The zero-order chi connectivity index (χ0) is 25.4. The summed E-state index contributed by atoms with van der Waals surface area (Å²) in [5.41, 5.74) is 5.01. The number of hydrogen-bond donors (Lipinski definition) is 2. The summed E-state index contributed by atoms with van der Waals surface area (Å²) in [6.07, 6.45) is 8.27. The number of carboxylic acid groups (broad SMARTS) is 2. The average Bonchev–Trinajstić information content (AvgIpc) is 2.80. The van der Waals surface area contributed by atoms with Gasteiger partial charge in [-0.3, -0.25) is 0 Å². The second kappa shape index (κ2) is 12.4. The van der Waals surface area contributed by atoms with E-state index < -0.39 is 11.9 Å². The molecule has 1 aromatic heterocycles. The lowest BCUT2D eigenvalue weighted by atomic mass is 9.90. The van der Waals surface area contributed by atoms with Crippen molar-refractivity contribution in [1.29, 1.82) is 0 Å². The molecule has 188 valence electrons. The van der Waals surface area contributed by atoms with Crippen molar-refractivity contribution in [3.05, 3.63) is 59.6 Å². The minimum absolute atomic E-state index is 0.177. The van der Waals surface area contributed by atoms with E-state index in [2.05, 4.69) is 29.8 Å². The molecular formula is C27H34FN3O4. The first kappa shape index (κ1) is 26.3. The van der Waals surface area contributed by atoms with Crippen LogP contribution >= 0.6 is 0 Å². The Kier molecular flexibility index (Phi) is 9.37. The van der Waals surface area contributed by atoms with Crippen molar-refractivity contribution in [3.63, 3.8) is 0 Å². The molecule has 2 heterocycles. The zero-order valence-corrected chi connectivity index (χ0v) is 20.4. The number of carboxylic acids is 2. The molecule has 1 atom stereocenters. The van der Waals surface area contributed by atoms with Crippen LogP contribution in [-0.4, -0.2) is 64.8 Å². The van der Waals surface area contributed by atoms with Crippen molar-refractivity contribution in [2.45, 2.75) is 51.5 Å². The second-order valence-corrected chi connectivity index (χ2v) is 9.16. The van der Waals surface area contributed by atoms with Crippen molar-refractivity contribution in [2.75, 3.05) is 31.6 Å². The van der Waals surface area contributed by atoms with Gasteiger partial charge in [-0.05, 0) is 74.5 Å². The first-order valence-corrected chi connectivity index (χ1v) is 12.1. The van der Waals surface area contributed by atoms with Gasteiger partial charge in [0.05, 0.1) is 0 Å². The molecule has 0 bridgehead atoms. The first-order chi connectivity index (χ1) is 16.7. The third-order valence-electron chi connectivity index (χ3n) is 6.59. The number of hydrogen-bond acceptors (Lipinski definition) is 5. The lowest BCUT2D eigenvalue weighted by molar-refractivity contribution is -0.134. The van der Waals surface area contributed by atoms with E-state index in [0.29, 0.717) is 18.2 Å². The summed E-state index contributed by atoms with van der Waals surface area (Å²) in [6.45, 7) is 5.35. The number of aryl methyl sites for hydroxylation is 1. The largest absolute Gasteiger partial charge is 0.478 e. The number of pyridine rings is 1. The molecule has 0 saturated carbocycles. The number of piperazine rings is 1. The minimum Gasteiger partial charge on any atom is -0.478 e. The first-order valence-electron chi connectivity index (χ1n) is 12.1. The van der Waals surface area contributed by atoms with Gasteiger partial charge in [-0.15, -0.1) is 0 Å². The molecule has 2 aliphatic rings. The van der Waals surface area contributed by atoms with Crippen molar-refractivity contribution in [2.24, 2.45) is 0 Å². The van der Waals surface area contributed by atoms with Crippen LogP contribution in [-0.2, 0) is 22.4 Å². The summed E-state index contributed by atoms with van der Waals surface area (Å²) in [6, 6.07) is 9.76. The maximum absolute atomic E-state index is 13.5. The van der Waals surface area contributed by atoms with Crippen LogP contribution in [0.5, 0.6) is 0 Å². The fourth-order valence-electron chi connectivity index (χ4n) is 4.49. The molecule has 35 heavy (non-hydrogen) atoms. The molecule has 1 unspecified atom stereocenters. The topological polar surface area (TPSA) is 94.0 Å². The molecule has 1 saturated heterocycles. The maximum atomic E-state index is 13.5. The Morgan fingerprint density at radius 2 is 1.63 bits per heavy atom. The maximum Gasteiger partial charge on any atom is 0.328 e. The molecular weight excluding hydrogens is 449 g/mol. The summed E-state index contributed by atoms with van der Waals surface area (Å²) in [5.74, 6) is -1.60. The molecule has 8 heteroatoms. The molecule has 1 aliphatic carbocycles. The van der Waals surface area contributed by atoms with Crippen molar-refractivity contribution in [1.82, 2.24) is 9.88 Å². The van der Waals surface area contributed by atoms with E-state index in [4.69, 9.17) is 15.2 Å². The van der Waals surface area contributed by atoms with E-state index in [-0.39, 0.29) is 5.82 Å². The third kappa shape index (κ3) is 7.62. The molecule has 0 amide bonds. The zero-order valence-electron chi connectivity index (χ0n) is 20.4. The number of fused-ring (bicyclic) bond motifs is 1. The smallest absolute Gasteiger partial charge is 0.328 e. The number of halogens is 1. The van der Waals surface area contributed by atoms with Gasteiger partial charge in [-0.1, -0.05) is 25.0 Å². The van der Waals surface area contributed by atoms with E-state index in [9.17, 15) is 14.0 Å². The van der Waals surface area contributed by atoms with Crippen LogP contribution in [0, 0.1) is 5.82 Å². The monoisotopic (exact) mass is 483 g/mol. The molecule has 2 aromatic rings. The molecule has 0 radical (unpaired) electrons. The highest BCUT2D eigenvalue weighted by Crippen LogP contribution is 2.33. The fraction of sp³-hybridized carbons (Fsp3) is 0.444. The van der Waals surface area contributed by atoms with Crippen LogP contribution in [0.3, 0.4) is 0 Å². The third-order valence-corrected chi connectivity index (χ3v) is 6.59. The van der Waals surface area contributed by atoms with Gasteiger partial charge in [0.15, 0.2) is 0 Å². The van der Waals surface area contributed by atoms with Crippen LogP contribution in [0.25, 0.3) is 11.1 Å². The lowest BCUT2D eigenvalue weighted by Crippen LogP contribution is -2.50. The molecule has 1 fully saturated rings. The average molecular weight is 484 g/mol. The van der Waals surface area contributed by atoms with E-state index in [1.807, 2.05) is 12.1 Å². The van der Waals surface area contributed by atoms with Crippen molar-refractivity contribution in [3.8, 4) is 11.1 Å². The predicted octanol–water partition coefficient (Wildman–Crippen LogP) is 4.40. The Hall–Kier alpha value is -3.26. The Morgan fingerprint density at radius 1 is 1.00 bits per heavy atom. The van der Waals surface area contributed by atoms with Crippen molar-refractivity contribution < 1.29 is 24.2 Å². The summed E-state index contributed by atoms with van der Waals surface area (Å²) in [7, 11) is 2.19. The SMILES string of the molecule is CC1CN(c2cc(-c3ccc(F)cc3)c3c(n2)CCCCCC3)CCN1C.O=C(O)/C=C/C(=O)O. The quantitative estimate of drug-likeness (QED) is 0.623. The summed E-state index contributed by atoms with van der Waals surface area (Å²) in [5, 5.41) is 15.6. The normalized spacial score (nSPS) is 18.7. The highest BCUT2D eigenvalue weighted by atomic mass is 19.1. The van der Waals surface area contributed by atoms with Crippen molar-refractivity contribution >= 4 is 17.8 Å². The molecule has 4 rings (SSSR count). The predicted molar refractivity (Wildman–Crippen MR) is 134 cm³/mol. The summed E-state index contributed by atoms with van der Waals surface area (Å²) >= 11 is 0. The van der Waals surface area contributed by atoms with Gasteiger partial charge in [-0.2, -0.15) is 0 Å². The van der Waals surface area contributed by atoms with Gasteiger partial charge in [-0.25, -0.2) is 19.0 Å². The van der Waals surface area contributed by atoms with Gasteiger partial charge in [0, 0.05) is 43.5 Å². The number of carbonyl (C=O) groups is 2. The van der Waals surface area contributed by atoms with Crippen LogP contribution in [0.4, 0.5) is 10.2 Å². The number of likely N-dealkylation sites (N-methyl/N-ethyl adjacent to an activating group) is 1. The van der Waals surface area contributed by atoms with Gasteiger partial charge in [0.2, 0.25) is 0 Å². The van der Waals surface area contributed by atoms with E-state index in [1.165, 1.54) is 42.5 Å². The summed E-state index contributed by atoms with van der Waals surface area (Å²) in [4.78, 5) is 29.1. The Labute approximate surface area is 205 Å². The second-order valence-electron chi connectivity index (χ2n) is 9.16. The van der Waals surface area contributed by atoms with Gasteiger partial charge in [0.25, 0.3) is 0 Å². The number of aliphatic carboxylic acids is 2. The number of aromatic nitrogens is 1. The molecule has 7 nitrogen and oxygen atoms in total. The number of anilines is 1. The van der Waals surface area contributed by atoms with Crippen LogP contribution in [0.2, 0.25) is 0 Å². The molecule has 2 N–H and O–H groups in total. The van der Waals surface area contributed by atoms with Gasteiger partial charge >= 0.3 is 11.9 Å². The lowest BCUT2D eigenvalue weighted by Gasteiger charge is -2.38. The molecule has 1 aromatic carbocycles. The highest BCUT2D eigenvalue weighted by molar-refractivity contribution is 5.89. The number of rotatable bonds is 4. The molecule has 1 aliphatic heterocycles. The Morgan fingerprint density at radius 3 is 2.23 bits per heavy atom. The Bertz CT molecular complexity index is 1040. The van der Waals surface area contributed by atoms with Gasteiger partial charge in [0.1, 0.15) is 11.6 Å². The van der Waals surface area contributed by atoms with E-state index in [1.54, 1.807) is 12.1 Å².